The van der Waals surface area contributed by atoms with Crippen LogP contribution in [0.5, 0.6) is 0 Å². The van der Waals surface area contributed by atoms with Crippen LogP contribution in [0.1, 0.15) is 5.56 Å². The number of halogens is 4. The lowest BCUT2D eigenvalue weighted by atomic mass is 10.2. The third-order valence-corrected chi connectivity index (χ3v) is 8.07. The minimum Gasteiger partial charge on any atom is -0.206 e. The van der Waals surface area contributed by atoms with Crippen molar-refractivity contribution in [3.05, 3.63) is 48.1 Å². The van der Waals surface area contributed by atoms with Crippen molar-refractivity contribution in [2.24, 2.45) is 0 Å². The maximum Gasteiger partial charge on any atom is 0.250 e. The average Bonchev–Trinajstić information content (AvgIpc) is 2.69. The lowest BCUT2D eigenvalue weighted by Crippen LogP contribution is -2.22. The number of benzene rings is 1. The molecule has 0 saturated carbocycles. The van der Waals surface area contributed by atoms with E-state index in [1.807, 2.05) is 0 Å². The summed E-state index contributed by atoms with van der Waals surface area (Å²) in [7, 11) is -3.57. The Morgan fingerprint density at radius 1 is 1.20 bits per heavy atom. The molecule has 0 amide bonds. The summed E-state index contributed by atoms with van der Waals surface area (Å²) in [6.45, 7) is 0.103. The molecular weight excluding hydrogens is 473 g/mol. The molecule has 0 unspecified atom stereocenters. The normalized spacial score (nSPS) is 11.8. The first-order valence-corrected chi connectivity index (χ1v) is 9.82. The SMILES string of the molecule is O=S(=O)(NCc1ccc(Cl)cc1Cl)c1cc(Br)c(Br)s1. The highest BCUT2D eigenvalue weighted by Gasteiger charge is 2.19. The van der Waals surface area contributed by atoms with Gasteiger partial charge in [0.05, 0.1) is 3.79 Å². The molecule has 20 heavy (non-hydrogen) atoms. The maximum absolute atomic E-state index is 12.1. The van der Waals surface area contributed by atoms with Crippen molar-refractivity contribution in [2.75, 3.05) is 0 Å². The molecule has 1 N–H and O–H groups in total. The van der Waals surface area contributed by atoms with Gasteiger partial charge in [0.25, 0.3) is 0 Å². The fraction of sp³-hybridized carbons (Fsp3) is 0.0909. The number of nitrogens with one attached hydrogen (secondary N) is 1. The van der Waals surface area contributed by atoms with Crippen molar-refractivity contribution < 1.29 is 8.42 Å². The molecule has 0 aliphatic carbocycles. The summed E-state index contributed by atoms with van der Waals surface area (Å²) in [6.07, 6.45) is 0. The van der Waals surface area contributed by atoms with E-state index < -0.39 is 10.0 Å². The van der Waals surface area contributed by atoms with Gasteiger partial charge in [-0.1, -0.05) is 29.3 Å². The van der Waals surface area contributed by atoms with Crippen LogP contribution in [0.25, 0.3) is 0 Å². The molecule has 0 fully saturated rings. The third-order valence-electron chi connectivity index (χ3n) is 2.36. The van der Waals surface area contributed by atoms with E-state index in [-0.39, 0.29) is 10.8 Å². The van der Waals surface area contributed by atoms with Crippen molar-refractivity contribution in [1.82, 2.24) is 4.72 Å². The van der Waals surface area contributed by atoms with Gasteiger partial charge in [-0.15, -0.1) is 11.3 Å². The zero-order chi connectivity index (χ0) is 14.9. The Morgan fingerprint density at radius 2 is 1.90 bits per heavy atom. The molecule has 1 aromatic carbocycles. The van der Waals surface area contributed by atoms with Gasteiger partial charge in [0.2, 0.25) is 10.0 Å². The van der Waals surface area contributed by atoms with Crippen LogP contribution in [-0.2, 0) is 16.6 Å². The van der Waals surface area contributed by atoms with Crippen molar-refractivity contribution in [1.29, 1.82) is 0 Å². The van der Waals surface area contributed by atoms with E-state index in [2.05, 4.69) is 36.6 Å². The summed E-state index contributed by atoms with van der Waals surface area (Å²) in [5.74, 6) is 0. The number of sulfonamides is 1. The Hall–Kier alpha value is 0.370. The predicted molar refractivity (Wildman–Crippen MR) is 90.2 cm³/mol. The first-order chi connectivity index (χ1) is 9.29. The van der Waals surface area contributed by atoms with E-state index in [1.165, 1.54) is 0 Å². The van der Waals surface area contributed by atoms with Gasteiger partial charge in [-0.25, -0.2) is 13.1 Å². The van der Waals surface area contributed by atoms with Gasteiger partial charge in [-0.3, -0.25) is 0 Å². The van der Waals surface area contributed by atoms with E-state index in [9.17, 15) is 8.42 Å². The van der Waals surface area contributed by atoms with Crippen molar-refractivity contribution >= 4 is 76.4 Å². The largest absolute Gasteiger partial charge is 0.250 e. The predicted octanol–water partition coefficient (Wildman–Crippen LogP) is 5.06. The van der Waals surface area contributed by atoms with Crippen molar-refractivity contribution in [3.63, 3.8) is 0 Å². The Labute approximate surface area is 147 Å². The lowest BCUT2D eigenvalue weighted by molar-refractivity contribution is 0.583. The summed E-state index contributed by atoms with van der Waals surface area (Å²) >= 11 is 19.4. The van der Waals surface area contributed by atoms with Crippen LogP contribution in [0, 0.1) is 0 Å². The van der Waals surface area contributed by atoms with Gasteiger partial charge < -0.3 is 0 Å². The summed E-state index contributed by atoms with van der Waals surface area (Å²) < 4.78 is 28.4. The molecule has 1 heterocycles. The molecule has 0 atom stereocenters. The zero-order valence-corrected chi connectivity index (χ0v) is 16.0. The second-order valence-electron chi connectivity index (χ2n) is 3.75. The van der Waals surface area contributed by atoms with Gasteiger partial charge >= 0.3 is 0 Å². The van der Waals surface area contributed by atoms with Crippen molar-refractivity contribution in [2.45, 2.75) is 10.8 Å². The van der Waals surface area contributed by atoms with Crippen LogP contribution in [0.2, 0.25) is 10.0 Å². The van der Waals surface area contributed by atoms with Crippen molar-refractivity contribution in [3.8, 4) is 0 Å². The molecular formula is C11H7Br2Cl2NO2S2. The number of thiophene rings is 1. The molecule has 0 spiro atoms. The third kappa shape index (κ3) is 3.97. The highest BCUT2D eigenvalue weighted by atomic mass is 79.9. The van der Waals surface area contributed by atoms with Gasteiger partial charge in [0, 0.05) is 21.1 Å². The van der Waals surface area contributed by atoms with Gasteiger partial charge in [-0.05, 0) is 55.6 Å². The molecule has 0 radical (unpaired) electrons. The van der Waals surface area contributed by atoms with Crippen LogP contribution < -0.4 is 4.72 Å². The number of hydrogen-bond donors (Lipinski definition) is 1. The summed E-state index contributed by atoms with van der Waals surface area (Å²) in [4.78, 5) is 0. The first-order valence-electron chi connectivity index (χ1n) is 5.18. The smallest absolute Gasteiger partial charge is 0.206 e. The molecule has 3 nitrogen and oxygen atoms in total. The summed E-state index contributed by atoms with van der Waals surface area (Å²) in [5, 5.41) is 0.932. The molecule has 0 aliphatic heterocycles. The van der Waals surface area contributed by atoms with E-state index in [1.54, 1.807) is 24.3 Å². The fourth-order valence-corrected chi connectivity index (χ4v) is 5.71. The lowest BCUT2D eigenvalue weighted by Gasteiger charge is -2.07. The van der Waals surface area contributed by atoms with Gasteiger partial charge in [0.15, 0.2) is 0 Å². The van der Waals surface area contributed by atoms with E-state index in [4.69, 9.17) is 23.2 Å². The van der Waals surface area contributed by atoms with E-state index in [0.29, 0.717) is 20.1 Å². The van der Waals surface area contributed by atoms with E-state index in [0.717, 1.165) is 15.1 Å². The Bertz CT molecular complexity index is 727. The number of rotatable bonds is 4. The molecule has 2 aromatic rings. The molecule has 0 saturated heterocycles. The topological polar surface area (TPSA) is 46.2 Å². The molecule has 108 valence electrons. The minimum atomic E-state index is -3.57. The molecule has 0 aliphatic rings. The Kier molecular flexibility index (Phi) is 5.56. The molecule has 1 aromatic heterocycles. The zero-order valence-electron chi connectivity index (χ0n) is 9.66. The van der Waals surface area contributed by atoms with E-state index >= 15 is 0 Å². The highest BCUT2D eigenvalue weighted by molar-refractivity contribution is 9.13. The summed E-state index contributed by atoms with van der Waals surface area (Å²) in [6, 6.07) is 6.47. The standard InChI is InChI=1S/C11H7Br2Cl2NO2S2/c12-8-4-10(19-11(8)13)20(17,18)16-5-6-1-2-7(14)3-9(6)15/h1-4,16H,5H2. The number of hydrogen-bond acceptors (Lipinski definition) is 3. The molecule has 9 heteroatoms. The highest BCUT2D eigenvalue weighted by Crippen LogP contribution is 2.34. The fourth-order valence-electron chi connectivity index (χ4n) is 1.37. The quantitative estimate of drug-likeness (QED) is 0.666. The maximum atomic E-state index is 12.1. The second kappa shape index (κ2) is 6.64. The van der Waals surface area contributed by atoms with Crippen LogP contribution >= 0.6 is 66.4 Å². The minimum absolute atomic E-state index is 0.103. The second-order valence-corrected chi connectivity index (χ2v) is 9.81. The van der Waals surface area contributed by atoms with Gasteiger partial charge in [0.1, 0.15) is 4.21 Å². The Balaban J connectivity index is 2.17. The molecule has 0 bridgehead atoms. The average molecular weight is 480 g/mol. The monoisotopic (exact) mass is 477 g/mol. The van der Waals surface area contributed by atoms with Crippen LogP contribution in [0.3, 0.4) is 0 Å². The van der Waals surface area contributed by atoms with Gasteiger partial charge in [-0.2, -0.15) is 0 Å². The molecule has 2 rings (SSSR count). The summed E-state index contributed by atoms with van der Waals surface area (Å²) in [5.41, 5.74) is 0.661. The Morgan fingerprint density at radius 3 is 2.45 bits per heavy atom. The first kappa shape index (κ1) is 16.7. The van der Waals surface area contributed by atoms with Crippen LogP contribution in [0.4, 0.5) is 0 Å². The van der Waals surface area contributed by atoms with Crippen LogP contribution in [0.15, 0.2) is 36.7 Å². The van der Waals surface area contributed by atoms with Crippen LogP contribution in [-0.4, -0.2) is 8.42 Å².